The van der Waals surface area contributed by atoms with Crippen molar-refractivity contribution in [3.63, 3.8) is 0 Å². The van der Waals surface area contributed by atoms with Gasteiger partial charge in [-0.2, -0.15) is 0 Å². The normalized spacial score (nSPS) is 10.5. The Morgan fingerprint density at radius 2 is 2.00 bits per heavy atom. The second-order valence-corrected chi connectivity index (χ2v) is 5.50. The number of primary amides is 1. The van der Waals surface area contributed by atoms with E-state index in [-0.39, 0.29) is 5.82 Å². The number of hydrogen-bond acceptors (Lipinski definition) is 3. The molecule has 0 saturated heterocycles. The molecule has 4 N–H and O–H groups in total. The molecule has 0 fully saturated rings. The minimum Gasteiger partial charge on any atom is -0.399 e. The second-order valence-electron chi connectivity index (χ2n) is 4.48. The van der Waals surface area contributed by atoms with Crippen LogP contribution in [0.5, 0.6) is 0 Å². The van der Waals surface area contributed by atoms with Gasteiger partial charge in [-0.25, -0.2) is 4.39 Å². The van der Waals surface area contributed by atoms with Crippen molar-refractivity contribution in [2.45, 2.75) is 17.6 Å². The summed E-state index contributed by atoms with van der Waals surface area (Å²) in [5, 5.41) is 0. The number of amides is 1. The van der Waals surface area contributed by atoms with Gasteiger partial charge in [0, 0.05) is 21.9 Å². The molecule has 2 aromatic rings. The zero-order chi connectivity index (χ0) is 14.7. The molecule has 1 amide bonds. The van der Waals surface area contributed by atoms with Gasteiger partial charge in [0.25, 0.3) is 0 Å². The number of anilines is 1. The predicted octanol–water partition coefficient (Wildman–Crippen LogP) is 3.11. The highest BCUT2D eigenvalue weighted by Crippen LogP contribution is 2.28. The van der Waals surface area contributed by atoms with E-state index in [4.69, 9.17) is 11.5 Å². The van der Waals surface area contributed by atoms with E-state index in [1.165, 1.54) is 17.8 Å². The summed E-state index contributed by atoms with van der Waals surface area (Å²) < 4.78 is 13.7. The topological polar surface area (TPSA) is 69.1 Å². The van der Waals surface area contributed by atoms with E-state index in [2.05, 4.69) is 0 Å². The molecule has 0 spiro atoms. The minimum absolute atomic E-state index is 0.318. The Hall–Kier alpha value is -2.01. The van der Waals surface area contributed by atoms with Crippen molar-refractivity contribution in [1.82, 2.24) is 0 Å². The first-order valence-corrected chi connectivity index (χ1v) is 7.03. The van der Waals surface area contributed by atoms with E-state index >= 15 is 0 Å². The SMILES string of the molecule is Cc1cc(C(N)=O)ccc1CSc1ccc(N)cc1F. The molecule has 104 valence electrons. The van der Waals surface area contributed by atoms with Gasteiger partial charge in [-0.3, -0.25) is 4.79 Å². The van der Waals surface area contributed by atoms with Crippen molar-refractivity contribution in [3.8, 4) is 0 Å². The van der Waals surface area contributed by atoms with Gasteiger partial charge in [-0.05, 0) is 48.4 Å². The van der Waals surface area contributed by atoms with E-state index < -0.39 is 5.91 Å². The Labute approximate surface area is 121 Å². The van der Waals surface area contributed by atoms with Gasteiger partial charge in [0.1, 0.15) is 5.82 Å². The number of nitrogens with two attached hydrogens (primary N) is 2. The second kappa shape index (κ2) is 5.96. The van der Waals surface area contributed by atoms with Crippen LogP contribution in [0.15, 0.2) is 41.3 Å². The van der Waals surface area contributed by atoms with Crippen LogP contribution >= 0.6 is 11.8 Å². The highest BCUT2D eigenvalue weighted by atomic mass is 32.2. The molecule has 0 unspecified atom stereocenters. The van der Waals surface area contributed by atoms with Crippen LogP contribution in [0.2, 0.25) is 0 Å². The lowest BCUT2D eigenvalue weighted by Gasteiger charge is -2.08. The predicted molar refractivity (Wildman–Crippen MR) is 80.1 cm³/mol. The van der Waals surface area contributed by atoms with Gasteiger partial charge in [-0.1, -0.05) is 6.07 Å². The monoisotopic (exact) mass is 290 g/mol. The lowest BCUT2D eigenvalue weighted by Crippen LogP contribution is -2.11. The van der Waals surface area contributed by atoms with Gasteiger partial charge in [0.15, 0.2) is 0 Å². The van der Waals surface area contributed by atoms with Crippen molar-refractivity contribution in [2.75, 3.05) is 5.73 Å². The summed E-state index contributed by atoms with van der Waals surface area (Å²) in [6, 6.07) is 9.93. The molecule has 0 aliphatic rings. The molecule has 0 atom stereocenters. The number of rotatable bonds is 4. The molecular formula is C15H15FN2OS. The first-order chi connectivity index (χ1) is 9.47. The third-order valence-corrected chi connectivity index (χ3v) is 4.06. The van der Waals surface area contributed by atoms with Crippen LogP contribution < -0.4 is 11.5 Å². The van der Waals surface area contributed by atoms with Crippen molar-refractivity contribution < 1.29 is 9.18 Å². The lowest BCUT2D eigenvalue weighted by molar-refractivity contribution is 0.1000. The molecule has 0 bridgehead atoms. The van der Waals surface area contributed by atoms with Gasteiger partial charge < -0.3 is 11.5 Å². The average molecular weight is 290 g/mol. The Morgan fingerprint density at radius 1 is 1.25 bits per heavy atom. The number of benzene rings is 2. The number of aryl methyl sites for hydroxylation is 1. The van der Waals surface area contributed by atoms with Crippen LogP contribution in [0, 0.1) is 12.7 Å². The number of carbonyl (C=O) groups excluding carboxylic acids is 1. The van der Waals surface area contributed by atoms with Crippen molar-refractivity contribution in [3.05, 3.63) is 58.9 Å². The summed E-state index contributed by atoms with van der Waals surface area (Å²) in [7, 11) is 0. The maximum atomic E-state index is 13.7. The van der Waals surface area contributed by atoms with Crippen molar-refractivity contribution >= 4 is 23.4 Å². The molecule has 2 aromatic carbocycles. The molecule has 2 rings (SSSR count). The fourth-order valence-corrected chi connectivity index (χ4v) is 2.80. The number of nitrogen functional groups attached to an aromatic ring is 1. The Morgan fingerprint density at radius 3 is 2.60 bits per heavy atom. The number of hydrogen-bond donors (Lipinski definition) is 2. The molecule has 0 aliphatic carbocycles. The number of carbonyl (C=O) groups is 1. The number of halogens is 1. The fourth-order valence-electron chi connectivity index (χ4n) is 1.80. The first kappa shape index (κ1) is 14.4. The molecule has 0 aromatic heterocycles. The number of thioether (sulfide) groups is 1. The molecular weight excluding hydrogens is 275 g/mol. The summed E-state index contributed by atoms with van der Waals surface area (Å²) in [6.45, 7) is 1.90. The van der Waals surface area contributed by atoms with E-state index in [1.54, 1.807) is 24.3 Å². The molecule has 5 heteroatoms. The summed E-state index contributed by atoms with van der Waals surface area (Å²) in [5.74, 6) is -0.149. The third kappa shape index (κ3) is 3.30. The van der Waals surface area contributed by atoms with Gasteiger partial charge >= 0.3 is 0 Å². The maximum Gasteiger partial charge on any atom is 0.248 e. The van der Waals surface area contributed by atoms with E-state index in [1.807, 2.05) is 13.0 Å². The van der Waals surface area contributed by atoms with Crippen LogP contribution in [0.25, 0.3) is 0 Å². The van der Waals surface area contributed by atoms with Gasteiger partial charge in [0.05, 0.1) is 0 Å². The van der Waals surface area contributed by atoms with E-state index in [0.29, 0.717) is 21.9 Å². The van der Waals surface area contributed by atoms with Gasteiger partial charge in [0.2, 0.25) is 5.91 Å². The van der Waals surface area contributed by atoms with Crippen LogP contribution in [-0.4, -0.2) is 5.91 Å². The zero-order valence-corrected chi connectivity index (χ0v) is 11.8. The molecule has 0 heterocycles. The van der Waals surface area contributed by atoms with Crippen molar-refractivity contribution in [2.24, 2.45) is 5.73 Å². The van der Waals surface area contributed by atoms with Crippen molar-refractivity contribution in [1.29, 1.82) is 0 Å². The molecule has 0 radical (unpaired) electrons. The lowest BCUT2D eigenvalue weighted by atomic mass is 10.1. The van der Waals surface area contributed by atoms with E-state index in [9.17, 15) is 9.18 Å². The van der Waals surface area contributed by atoms with E-state index in [0.717, 1.165) is 11.1 Å². The van der Waals surface area contributed by atoms with Crippen LogP contribution in [0.4, 0.5) is 10.1 Å². The molecule has 0 aliphatic heterocycles. The quantitative estimate of drug-likeness (QED) is 0.671. The summed E-state index contributed by atoms with van der Waals surface area (Å²) >= 11 is 1.39. The molecule has 20 heavy (non-hydrogen) atoms. The fraction of sp³-hybridized carbons (Fsp3) is 0.133. The van der Waals surface area contributed by atoms with Crippen LogP contribution in [0.3, 0.4) is 0 Å². The Kier molecular flexibility index (Phi) is 4.29. The van der Waals surface area contributed by atoms with Crippen LogP contribution in [0.1, 0.15) is 21.5 Å². The maximum absolute atomic E-state index is 13.7. The molecule has 0 saturated carbocycles. The summed E-state index contributed by atoms with van der Waals surface area (Å²) in [4.78, 5) is 11.6. The standard InChI is InChI=1S/C15H15FN2OS/c1-9-6-10(15(18)19)2-3-11(9)8-20-14-5-4-12(17)7-13(14)16/h2-7H,8,17H2,1H3,(H2,18,19). The largest absolute Gasteiger partial charge is 0.399 e. The highest BCUT2D eigenvalue weighted by molar-refractivity contribution is 7.98. The smallest absolute Gasteiger partial charge is 0.248 e. The Balaban J connectivity index is 2.13. The zero-order valence-electron chi connectivity index (χ0n) is 11.0. The minimum atomic E-state index is -0.447. The molecule has 3 nitrogen and oxygen atoms in total. The summed E-state index contributed by atoms with van der Waals surface area (Å²) in [6.07, 6.45) is 0. The highest BCUT2D eigenvalue weighted by Gasteiger charge is 2.07. The first-order valence-electron chi connectivity index (χ1n) is 6.04. The average Bonchev–Trinajstić information content (AvgIpc) is 2.38. The Bertz CT molecular complexity index is 658. The third-order valence-electron chi connectivity index (χ3n) is 2.97. The van der Waals surface area contributed by atoms with Crippen LogP contribution in [-0.2, 0) is 5.75 Å². The summed E-state index contributed by atoms with van der Waals surface area (Å²) in [5.41, 5.74) is 13.6. The van der Waals surface area contributed by atoms with Gasteiger partial charge in [-0.15, -0.1) is 11.8 Å².